The van der Waals surface area contributed by atoms with Crippen molar-refractivity contribution < 1.29 is 9.13 Å². The fourth-order valence-electron chi connectivity index (χ4n) is 2.72. The van der Waals surface area contributed by atoms with Crippen LogP contribution in [-0.2, 0) is 12.8 Å². The standard InChI is InChI=1S/C18H22FNO/c1-12-7-13(2)9-14(8-12)10-16(20)11-15-5-4-6-17(21-3)18(15)19/h4-9,16H,10-11,20H2,1-3H3. The molecule has 2 aromatic rings. The van der Waals surface area contributed by atoms with E-state index >= 15 is 0 Å². The highest BCUT2D eigenvalue weighted by molar-refractivity contribution is 5.32. The van der Waals surface area contributed by atoms with Gasteiger partial charge in [0.15, 0.2) is 11.6 Å². The van der Waals surface area contributed by atoms with E-state index < -0.39 is 0 Å². The van der Waals surface area contributed by atoms with Gasteiger partial charge in [-0.3, -0.25) is 0 Å². The molecule has 0 fully saturated rings. The molecule has 0 saturated heterocycles. The number of rotatable bonds is 5. The van der Waals surface area contributed by atoms with Gasteiger partial charge in [-0.25, -0.2) is 4.39 Å². The van der Waals surface area contributed by atoms with Gasteiger partial charge in [-0.05, 0) is 43.9 Å². The number of nitrogens with two attached hydrogens (primary N) is 1. The zero-order chi connectivity index (χ0) is 15.4. The van der Waals surface area contributed by atoms with Crippen molar-refractivity contribution in [1.82, 2.24) is 0 Å². The number of hydrogen-bond acceptors (Lipinski definition) is 2. The maximum Gasteiger partial charge on any atom is 0.168 e. The Kier molecular flexibility index (Phi) is 4.97. The van der Waals surface area contributed by atoms with Gasteiger partial charge in [0, 0.05) is 6.04 Å². The van der Waals surface area contributed by atoms with Gasteiger partial charge in [-0.2, -0.15) is 0 Å². The van der Waals surface area contributed by atoms with Gasteiger partial charge in [0.05, 0.1) is 7.11 Å². The lowest BCUT2D eigenvalue weighted by Gasteiger charge is -2.14. The number of benzene rings is 2. The van der Waals surface area contributed by atoms with E-state index in [2.05, 4.69) is 32.0 Å². The normalized spacial score (nSPS) is 12.2. The summed E-state index contributed by atoms with van der Waals surface area (Å²) in [5.74, 6) is -0.0398. The number of halogens is 1. The molecule has 0 radical (unpaired) electrons. The van der Waals surface area contributed by atoms with E-state index in [1.54, 1.807) is 18.2 Å². The Bertz CT molecular complexity index is 604. The maximum absolute atomic E-state index is 14.1. The average Bonchev–Trinajstić information content (AvgIpc) is 2.40. The maximum atomic E-state index is 14.1. The molecular formula is C18H22FNO. The van der Waals surface area contributed by atoms with Crippen LogP contribution in [0, 0.1) is 19.7 Å². The van der Waals surface area contributed by atoms with Gasteiger partial charge in [-0.1, -0.05) is 41.5 Å². The predicted molar refractivity (Wildman–Crippen MR) is 84.3 cm³/mol. The Balaban J connectivity index is 2.09. The summed E-state index contributed by atoms with van der Waals surface area (Å²) in [6, 6.07) is 11.5. The third-order valence-electron chi connectivity index (χ3n) is 3.52. The first-order chi connectivity index (χ1) is 9.99. The van der Waals surface area contributed by atoms with Crippen molar-refractivity contribution in [3.05, 3.63) is 64.5 Å². The van der Waals surface area contributed by atoms with E-state index in [4.69, 9.17) is 10.5 Å². The Morgan fingerprint density at radius 2 is 1.76 bits per heavy atom. The Labute approximate surface area is 125 Å². The van der Waals surface area contributed by atoms with Crippen molar-refractivity contribution in [3.8, 4) is 5.75 Å². The molecule has 0 amide bonds. The van der Waals surface area contributed by atoms with Crippen molar-refractivity contribution in [2.45, 2.75) is 32.7 Å². The second-order valence-electron chi connectivity index (χ2n) is 5.60. The second kappa shape index (κ2) is 6.72. The van der Waals surface area contributed by atoms with Gasteiger partial charge in [0.25, 0.3) is 0 Å². The lowest BCUT2D eigenvalue weighted by molar-refractivity contribution is 0.383. The van der Waals surface area contributed by atoms with Gasteiger partial charge in [0.1, 0.15) is 0 Å². The Hall–Kier alpha value is -1.87. The summed E-state index contributed by atoms with van der Waals surface area (Å²) in [6.07, 6.45) is 1.23. The van der Waals surface area contributed by atoms with E-state index in [0.717, 1.165) is 6.42 Å². The zero-order valence-electron chi connectivity index (χ0n) is 12.8. The molecule has 2 aromatic carbocycles. The van der Waals surface area contributed by atoms with E-state index in [1.807, 2.05) is 0 Å². The first-order valence-electron chi connectivity index (χ1n) is 7.13. The SMILES string of the molecule is COc1cccc(CC(N)Cc2cc(C)cc(C)c2)c1F. The van der Waals surface area contributed by atoms with Gasteiger partial charge < -0.3 is 10.5 Å². The molecule has 0 heterocycles. The molecular weight excluding hydrogens is 265 g/mol. The highest BCUT2D eigenvalue weighted by Crippen LogP contribution is 2.21. The third-order valence-corrected chi connectivity index (χ3v) is 3.52. The minimum Gasteiger partial charge on any atom is -0.494 e. The topological polar surface area (TPSA) is 35.2 Å². The van der Waals surface area contributed by atoms with Crippen LogP contribution in [0.3, 0.4) is 0 Å². The van der Waals surface area contributed by atoms with Crippen LogP contribution in [0.1, 0.15) is 22.3 Å². The summed E-state index contributed by atoms with van der Waals surface area (Å²) < 4.78 is 19.1. The van der Waals surface area contributed by atoms with Crippen molar-refractivity contribution in [3.63, 3.8) is 0 Å². The summed E-state index contributed by atoms with van der Waals surface area (Å²) in [6.45, 7) is 4.15. The molecule has 112 valence electrons. The van der Waals surface area contributed by atoms with Crippen molar-refractivity contribution in [2.75, 3.05) is 7.11 Å². The lowest BCUT2D eigenvalue weighted by Crippen LogP contribution is -2.26. The number of methoxy groups -OCH3 is 1. The van der Waals surface area contributed by atoms with E-state index in [9.17, 15) is 4.39 Å². The van der Waals surface area contributed by atoms with Crippen LogP contribution in [-0.4, -0.2) is 13.2 Å². The summed E-state index contributed by atoms with van der Waals surface area (Å²) >= 11 is 0. The van der Waals surface area contributed by atoms with Crippen LogP contribution in [0.15, 0.2) is 36.4 Å². The summed E-state index contributed by atoms with van der Waals surface area (Å²) in [4.78, 5) is 0. The smallest absolute Gasteiger partial charge is 0.168 e. The fraction of sp³-hybridized carbons (Fsp3) is 0.333. The van der Waals surface area contributed by atoms with Crippen molar-refractivity contribution in [1.29, 1.82) is 0 Å². The average molecular weight is 287 g/mol. The molecule has 0 aliphatic heterocycles. The summed E-state index contributed by atoms with van der Waals surface area (Å²) in [7, 11) is 1.47. The van der Waals surface area contributed by atoms with E-state index in [0.29, 0.717) is 12.0 Å². The molecule has 0 aliphatic carbocycles. The van der Waals surface area contributed by atoms with Crippen LogP contribution >= 0.6 is 0 Å². The van der Waals surface area contributed by atoms with Gasteiger partial charge in [-0.15, -0.1) is 0 Å². The quantitative estimate of drug-likeness (QED) is 0.912. The molecule has 0 aliphatic rings. The molecule has 2 rings (SSSR count). The van der Waals surface area contributed by atoms with E-state index in [-0.39, 0.29) is 17.6 Å². The molecule has 1 unspecified atom stereocenters. The zero-order valence-corrected chi connectivity index (χ0v) is 12.8. The molecule has 0 aromatic heterocycles. The molecule has 1 atom stereocenters. The molecule has 2 nitrogen and oxygen atoms in total. The fourth-order valence-corrected chi connectivity index (χ4v) is 2.72. The number of aryl methyl sites for hydroxylation is 2. The summed E-state index contributed by atoms with van der Waals surface area (Å²) in [5.41, 5.74) is 10.4. The Morgan fingerprint density at radius 1 is 1.10 bits per heavy atom. The van der Waals surface area contributed by atoms with Crippen LogP contribution in [0.25, 0.3) is 0 Å². The molecule has 0 bridgehead atoms. The van der Waals surface area contributed by atoms with Crippen LogP contribution in [0.4, 0.5) is 4.39 Å². The highest BCUT2D eigenvalue weighted by atomic mass is 19.1. The molecule has 0 spiro atoms. The van der Waals surface area contributed by atoms with Gasteiger partial charge in [0.2, 0.25) is 0 Å². The van der Waals surface area contributed by atoms with Crippen molar-refractivity contribution >= 4 is 0 Å². The minimum atomic E-state index is -0.309. The predicted octanol–water partition coefficient (Wildman–Crippen LogP) is 3.56. The molecule has 0 saturated carbocycles. The first-order valence-corrected chi connectivity index (χ1v) is 7.13. The number of hydrogen-bond donors (Lipinski definition) is 1. The first kappa shape index (κ1) is 15.5. The Morgan fingerprint density at radius 3 is 2.38 bits per heavy atom. The van der Waals surface area contributed by atoms with Crippen LogP contribution < -0.4 is 10.5 Å². The van der Waals surface area contributed by atoms with E-state index in [1.165, 1.54) is 23.8 Å². The number of ether oxygens (including phenoxy) is 1. The minimum absolute atomic E-state index is 0.118. The highest BCUT2D eigenvalue weighted by Gasteiger charge is 2.12. The van der Waals surface area contributed by atoms with Crippen molar-refractivity contribution in [2.24, 2.45) is 5.73 Å². The van der Waals surface area contributed by atoms with Crippen LogP contribution in [0.2, 0.25) is 0 Å². The molecule has 21 heavy (non-hydrogen) atoms. The summed E-state index contributed by atoms with van der Waals surface area (Å²) in [5, 5.41) is 0. The largest absolute Gasteiger partial charge is 0.494 e. The van der Waals surface area contributed by atoms with Crippen LogP contribution in [0.5, 0.6) is 5.75 Å². The molecule has 2 N–H and O–H groups in total. The third kappa shape index (κ3) is 4.05. The second-order valence-corrected chi connectivity index (χ2v) is 5.60. The van der Waals surface area contributed by atoms with Gasteiger partial charge >= 0.3 is 0 Å². The monoisotopic (exact) mass is 287 g/mol. The molecule has 3 heteroatoms. The lowest BCUT2D eigenvalue weighted by atomic mass is 9.97.